The zero-order chi connectivity index (χ0) is 22.0. The van der Waals surface area contributed by atoms with Crippen LogP contribution in [0.4, 0.5) is 10.5 Å². The van der Waals surface area contributed by atoms with Crippen LogP contribution in [0.15, 0.2) is 24.3 Å². The second-order valence-corrected chi connectivity index (χ2v) is 10.5. The van der Waals surface area contributed by atoms with Crippen LogP contribution in [0.5, 0.6) is 0 Å². The third-order valence-electron chi connectivity index (χ3n) is 7.78. The number of hydrogen-bond donors (Lipinski definition) is 3. The maximum absolute atomic E-state index is 12.5. The molecule has 32 heavy (non-hydrogen) atoms. The number of benzene rings is 1. The Morgan fingerprint density at radius 2 is 1.72 bits per heavy atom. The molecule has 5 fully saturated rings. The van der Waals surface area contributed by atoms with Crippen LogP contribution in [0.2, 0.25) is 0 Å². The predicted molar refractivity (Wildman–Crippen MR) is 123 cm³/mol. The summed E-state index contributed by atoms with van der Waals surface area (Å²) in [6, 6.07) is 7.88. The molecule has 174 valence electrons. The molecule has 0 aromatic heterocycles. The quantitative estimate of drug-likeness (QED) is 0.608. The number of morpholine rings is 1. The third kappa shape index (κ3) is 5.26. The Morgan fingerprint density at radius 3 is 2.41 bits per heavy atom. The van der Waals surface area contributed by atoms with Crippen LogP contribution in [0.1, 0.15) is 50.5 Å². The number of rotatable bonds is 7. The van der Waals surface area contributed by atoms with Crippen molar-refractivity contribution in [1.82, 2.24) is 15.5 Å². The highest BCUT2D eigenvalue weighted by molar-refractivity contribution is 5.91. The fraction of sp³-hybridized carbons (Fsp3) is 0.680. The average Bonchev–Trinajstić information content (AvgIpc) is 2.73. The van der Waals surface area contributed by atoms with Crippen molar-refractivity contribution in [2.75, 3.05) is 38.2 Å². The molecular weight excluding hydrogens is 404 g/mol. The molecule has 1 aromatic rings. The molecule has 1 aliphatic heterocycles. The highest BCUT2D eigenvalue weighted by Gasteiger charge is 2.51. The minimum atomic E-state index is -0.118. The smallest absolute Gasteiger partial charge is 0.315 e. The van der Waals surface area contributed by atoms with Gasteiger partial charge in [-0.25, -0.2) is 4.79 Å². The molecule has 3 N–H and O–H groups in total. The summed E-state index contributed by atoms with van der Waals surface area (Å²) in [6.07, 6.45) is 7.74. The molecule has 4 aliphatic carbocycles. The summed E-state index contributed by atoms with van der Waals surface area (Å²) in [6.45, 7) is 4.64. The summed E-state index contributed by atoms with van der Waals surface area (Å²) in [5.74, 6) is 2.31. The minimum absolute atomic E-state index is 0.00200. The number of carbonyl (C=O) groups excluding carboxylic acids is 2. The van der Waals surface area contributed by atoms with Crippen LogP contribution in [0, 0.1) is 17.8 Å². The number of anilines is 1. The Kier molecular flexibility index (Phi) is 6.37. The molecule has 5 aliphatic rings. The Balaban J connectivity index is 1.04. The first-order valence-electron chi connectivity index (χ1n) is 12.3. The van der Waals surface area contributed by atoms with Crippen molar-refractivity contribution in [3.05, 3.63) is 29.8 Å². The predicted octanol–water partition coefficient (Wildman–Crippen LogP) is 3.12. The largest absolute Gasteiger partial charge is 0.379 e. The van der Waals surface area contributed by atoms with Crippen LogP contribution < -0.4 is 16.0 Å². The molecule has 6 rings (SSSR count). The summed E-state index contributed by atoms with van der Waals surface area (Å²) < 4.78 is 5.40. The Labute approximate surface area is 190 Å². The molecule has 1 heterocycles. The summed E-state index contributed by atoms with van der Waals surface area (Å²) in [4.78, 5) is 27.3. The zero-order valence-corrected chi connectivity index (χ0v) is 18.9. The minimum Gasteiger partial charge on any atom is -0.379 e. The molecule has 4 saturated carbocycles. The van der Waals surface area contributed by atoms with E-state index in [-0.39, 0.29) is 23.9 Å². The fourth-order valence-corrected chi connectivity index (χ4v) is 6.83. The summed E-state index contributed by atoms with van der Waals surface area (Å²) in [5.41, 5.74) is 1.98. The van der Waals surface area contributed by atoms with Crippen LogP contribution >= 0.6 is 0 Å². The summed E-state index contributed by atoms with van der Waals surface area (Å²) in [5, 5.41) is 9.18. The van der Waals surface area contributed by atoms with Crippen molar-refractivity contribution in [1.29, 1.82) is 0 Å². The van der Waals surface area contributed by atoms with Crippen molar-refractivity contribution < 1.29 is 14.3 Å². The number of urea groups is 1. The zero-order valence-electron chi connectivity index (χ0n) is 18.9. The Bertz CT molecular complexity index is 801. The van der Waals surface area contributed by atoms with Gasteiger partial charge in [0.25, 0.3) is 0 Å². The number of ether oxygens (including phenoxy) is 1. The van der Waals surface area contributed by atoms with Gasteiger partial charge < -0.3 is 20.7 Å². The molecule has 7 heteroatoms. The first-order valence-corrected chi connectivity index (χ1v) is 12.3. The van der Waals surface area contributed by atoms with Gasteiger partial charge in [0.05, 0.1) is 13.2 Å². The maximum Gasteiger partial charge on any atom is 0.315 e. The average molecular weight is 441 g/mol. The monoisotopic (exact) mass is 440 g/mol. The first kappa shape index (κ1) is 21.7. The molecule has 0 unspecified atom stereocenters. The van der Waals surface area contributed by atoms with Gasteiger partial charge in [0.15, 0.2) is 0 Å². The number of hydrogen-bond acceptors (Lipinski definition) is 4. The number of amides is 3. The van der Waals surface area contributed by atoms with Crippen molar-refractivity contribution in [3.8, 4) is 0 Å². The normalized spacial score (nSPS) is 31.3. The van der Waals surface area contributed by atoms with E-state index in [1.807, 2.05) is 18.2 Å². The fourth-order valence-electron chi connectivity index (χ4n) is 6.83. The van der Waals surface area contributed by atoms with Gasteiger partial charge in [0, 0.05) is 43.8 Å². The molecule has 1 aromatic carbocycles. The van der Waals surface area contributed by atoms with E-state index in [0.29, 0.717) is 6.54 Å². The molecule has 4 bridgehead atoms. The molecule has 0 radical (unpaired) electrons. The van der Waals surface area contributed by atoms with E-state index in [9.17, 15) is 9.59 Å². The lowest BCUT2D eigenvalue weighted by molar-refractivity contribution is -0.116. The second kappa shape index (κ2) is 9.40. The lowest BCUT2D eigenvalue weighted by Gasteiger charge is -2.56. The van der Waals surface area contributed by atoms with Gasteiger partial charge in [0.1, 0.15) is 0 Å². The molecule has 7 nitrogen and oxygen atoms in total. The third-order valence-corrected chi connectivity index (χ3v) is 7.78. The highest BCUT2D eigenvalue weighted by Crippen LogP contribution is 2.55. The van der Waals surface area contributed by atoms with Crippen LogP contribution in [-0.2, 0) is 16.1 Å². The first-order chi connectivity index (χ1) is 15.6. The van der Waals surface area contributed by atoms with E-state index in [2.05, 4.69) is 26.9 Å². The van der Waals surface area contributed by atoms with Gasteiger partial charge in [0.2, 0.25) is 5.91 Å². The summed E-state index contributed by atoms with van der Waals surface area (Å²) in [7, 11) is 0. The number of nitrogens with zero attached hydrogens (tertiary/aromatic N) is 1. The van der Waals surface area contributed by atoms with Gasteiger partial charge in [-0.1, -0.05) is 12.1 Å². The Hall–Kier alpha value is -2.12. The van der Waals surface area contributed by atoms with Crippen LogP contribution in [0.25, 0.3) is 0 Å². The van der Waals surface area contributed by atoms with Crippen molar-refractivity contribution >= 4 is 17.6 Å². The standard InChI is InChI=1S/C25H36N4O3/c30-23(27-22-3-1-2-18(13-22)17-29-6-8-32-9-7-29)4-5-26-24(31)28-25-14-19-10-20(15-25)12-21(11-19)16-25/h1-3,13,19-21H,4-12,14-17H2,(H,27,30)(H2,26,28,31). The van der Waals surface area contributed by atoms with Gasteiger partial charge in [-0.3, -0.25) is 9.69 Å². The van der Waals surface area contributed by atoms with E-state index in [4.69, 9.17) is 4.74 Å². The molecule has 0 spiro atoms. The van der Waals surface area contributed by atoms with Gasteiger partial charge in [-0.2, -0.15) is 0 Å². The van der Waals surface area contributed by atoms with Gasteiger partial charge in [-0.15, -0.1) is 0 Å². The SMILES string of the molecule is O=C(CCNC(=O)NC12CC3CC(CC(C3)C1)C2)Nc1cccc(CN2CCOCC2)c1. The molecular formula is C25H36N4O3. The van der Waals surface area contributed by atoms with Crippen molar-refractivity contribution in [3.63, 3.8) is 0 Å². The highest BCUT2D eigenvalue weighted by atomic mass is 16.5. The number of carbonyl (C=O) groups is 2. The van der Waals surface area contributed by atoms with E-state index >= 15 is 0 Å². The maximum atomic E-state index is 12.5. The lowest BCUT2D eigenvalue weighted by Crippen LogP contribution is -2.61. The van der Waals surface area contributed by atoms with E-state index in [0.717, 1.165) is 75.6 Å². The van der Waals surface area contributed by atoms with Gasteiger partial charge in [-0.05, 0) is 74.0 Å². The van der Waals surface area contributed by atoms with Crippen molar-refractivity contribution in [2.45, 2.75) is 57.0 Å². The summed E-state index contributed by atoms with van der Waals surface area (Å²) >= 11 is 0. The topological polar surface area (TPSA) is 82.7 Å². The Morgan fingerprint density at radius 1 is 1.03 bits per heavy atom. The van der Waals surface area contributed by atoms with Crippen molar-refractivity contribution in [2.24, 2.45) is 17.8 Å². The molecule has 0 atom stereocenters. The van der Waals surface area contributed by atoms with E-state index in [1.165, 1.54) is 24.8 Å². The second-order valence-electron chi connectivity index (χ2n) is 10.5. The van der Waals surface area contributed by atoms with E-state index in [1.54, 1.807) is 0 Å². The molecule has 1 saturated heterocycles. The number of nitrogens with one attached hydrogen (secondary N) is 3. The van der Waals surface area contributed by atoms with Crippen LogP contribution in [0.3, 0.4) is 0 Å². The van der Waals surface area contributed by atoms with Gasteiger partial charge >= 0.3 is 6.03 Å². The molecule has 3 amide bonds. The van der Waals surface area contributed by atoms with Crippen LogP contribution in [-0.4, -0.2) is 55.2 Å². The lowest BCUT2D eigenvalue weighted by atomic mass is 9.53. The van der Waals surface area contributed by atoms with E-state index < -0.39 is 0 Å².